The molecule has 0 aliphatic heterocycles. The molecule has 0 heterocycles. The first-order valence-electron chi connectivity index (χ1n) is 6.83. The van der Waals surface area contributed by atoms with Gasteiger partial charge in [-0.3, -0.25) is 0 Å². The van der Waals surface area contributed by atoms with E-state index in [9.17, 15) is 35.9 Å². The topological polar surface area (TPSA) is 74.6 Å². The van der Waals surface area contributed by atoms with Crippen molar-refractivity contribution in [1.82, 2.24) is 0 Å². The van der Waals surface area contributed by atoms with E-state index in [1.807, 2.05) is 0 Å². The number of hydrogen-bond donors (Lipinski definition) is 2. The second-order valence-corrected chi connectivity index (χ2v) is 6.02. The van der Waals surface area contributed by atoms with Crippen molar-refractivity contribution in [1.29, 1.82) is 0 Å². The van der Waals surface area contributed by atoms with Crippen LogP contribution in [0.25, 0.3) is 11.1 Å². The Bertz CT molecular complexity index is 934. The van der Waals surface area contributed by atoms with Crippen LogP contribution < -0.4 is 0 Å². The van der Waals surface area contributed by atoms with Crippen LogP contribution in [-0.4, -0.2) is 22.2 Å². The van der Waals surface area contributed by atoms with Gasteiger partial charge in [-0.2, -0.15) is 26.3 Å². The van der Waals surface area contributed by atoms with E-state index in [4.69, 9.17) is 10.2 Å². The number of carboxylic acids is 2. The zero-order chi connectivity index (χ0) is 20.7. The summed E-state index contributed by atoms with van der Waals surface area (Å²) in [4.78, 5) is 22.4. The highest BCUT2D eigenvalue weighted by Gasteiger charge is 2.44. The van der Waals surface area contributed by atoms with Crippen LogP contribution in [0.15, 0.2) is 34.8 Å². The zero-order valence-corrected chi connectivity index (χ0v) is 14.3. The Labute approximate surface area is 155 Å². The summed E-state index contributed by atoms with van der Waals surface area (Å²) in [6.07, 6.45) is -10.5. The van der Waals surface area contributed by atoms with E-state index >= 15 is 0 Å². The number of halogens is 7. The van der Waals surface area contributed by atoms with Gasteiger partial charge in [0.15, 0.2) is 0 Å². The number of benzene rings is 2. The molecule has 0 saturated carbocycles. The van der Waals surface area contributed by atoms with Crippen molar-refractivity contribution in [2.24, 2.45) is 0 Å². The average Bonchev–Trinajstić information content (AvgIpc) is 2.52. The molecule has 2 aromatic carbocycles. The van der Waals surface area contributed by atoms with Crippen molar-refractivity contribution in [3.63, 3.8) is 0 Å². The van der Waals surface area contributed by atoms with Crippen LogP contribution >= 0.6 is 15.9 Å². The van der Waals surface area contributed by atoms with Crippen molar-refractivity contribution < 1.29 is 46.1 Å². The molecule has 0 bridgehead atoms. The predicted octanol–water partition coefficient (Wildman–Crippen LogP) is 5.55. The van der Waals surface area contributed by atoms with E-state index in [-0.39, 0.29) is 6.07 Å². The summed E-state index contributed by atoms with van der Waals surface area (Å²) in [6, 6.07) is 3.89. The molecule has 0 aliphatic rings. The van der Waals surface area contributed by atoms with Crippen LogP contribution in [0.2, 0.25) is 0 Å². The second-order valence-electron chi connectivity index (χ2n) is 5.22. The van der Waals surface area contributed by atoms with E-state index in [1.54, 1.807) is 0 Å². The molecule has 0 saturated heterocycles. The lowest BCUT2D eigenvalue weighted by atomic mass is 9.91. The molecular weight excluding hydrogens is 450 g/mol. The number of aromatic carboxylic acids is 2. The quantitative estimate of drug-likeness (QED) is 0.593. The molecule has 27 heavy (non-hydrogen) atoms. The summed E-state index contributed by atoms with van der Waals surface area (Å²) >= 11 is 2.31. The van der Waals surface area contributed by atoms with E-state index in [2.05, 4.69) is 15.9 Å². The van der Waals surface area contributed by atoms with Gasteiger partial charge in [-0.25, -0.2) is 9.59 Å². The molecule has 4 nitrogen and oxygen atoms in total. The first-order valence-corrected chi connectivity index (χ1v) is 7.62. The number of rotatable bonds is 3. The van der Waals surface area contributed by atoms with Crippen molar-refractivity contribution in [2.75, 3.05) is 0 Å². The van der Waals surface area contributed by atoms with Crippen molar-refractivity contribution >= 4 is 27.9 Å². The second kappa shape index (κ2) is 6.87. The van der Waals surface area contributed by atoms with Gasteiger partial charge in [0, 0.05) is 4.47 Å². The van der Waals surface area contributed by atoms with Crippen molar-refractivity contribution in [3.8, 4) is 11.1 Å². The van der Waals surface area contributed by atoms with Crippen molar-refractivity contribution in [3.05, 3.63) is 57.1 Å². The third kappa shape index (κ3) is 4.07. The third-order valence-corrected chi connectivity index (χ3v) is 4.31. The summed E-state index contributed by atoms with van der Waals surface area (Å²) in [6.45, 7) is 0. The Morgan fingerprint density at radius 2 is 1.48 bits per heavy atom. The number of alkyl halides is 6. The smallest absolute Gasteiger partial charge is 0.417 e. The monoisotopic (exact) mass is 456 g/mol. The first-order chi connectivity index (χ1) is 12.2. The Morgan fingerprint density at radius 1 is 0.889 bits per heavy atom. The summed E-state index contributed by atoms with van der Waals surface area (Å²) < 4.78 is 79.0. The highest BCUT2D eigenvalue weighted by atomic mass is 79.9. The van der Waals surface area contributed by atoms with Crippen LogP contribution in [0.5, 0.6) is 0 Å². The van der Waals surface area contributed by atoms with Gasteiger partial charge in [-0.1, -0.05) is 12.1 Å². The fraction of sp³-hybridized carbons (Fsp3) is 0.125. The predicted molar refractivity (Wildman–Crippen MR) is 83.5 cm³/mol. The van der Waals surface area contributed by atoms with Gasteiger partial charge in [0.2, 0.25) is 0 Å². The standard InChI is InChI=1S/C16H7BrF6O4/c17-12-9(15(18,19)20)5-8(6-2-1-3-7(4-6)13(24)25)11(16(21,22)23)10(12)14(26)27/h1-5H,(H,24,25)(H,26,27). The molecule has 0 atom stereocenters. The molecule has 2 rings (SSSR count). The Kier molecular flexibility index (Phi) is 5.28. The minimum atomic E-state index is -5.32. The first kappa shape index (κ1) is 20.7. The summed E-state index contributed by atoms with van der Waals surface area (Å²) in [7, 11) is 0. The molecule has 0 aliphatic carbocycles. The number of carboxylic acid groups (broad SMARTS) is 2. The minimum Gasteiger partial charge on any atom is -0.478 e. The van der Waals surface area contributed by atoms with E-state index < -0.39 is 62.1 Å². The van der Waals surface area contributed by atoms with E-state index in [0.29, 0.717) is 0 Å². The van der Waals surface area contributed by atoms with E-state index in [0.717, 1.165) is 24.3 Å². The van der Waals surface area contributed by atoms with Gasteiger partial charge in [0.05, 0.1) is 22.3 Å². The Balaban J connectivity index is 3.03. The molecule has 0 fully saturated rings. The molecular formula is C16H7BrF6O4. The van der Waals surface area contributed by atoms with Gasteiger partial charge >= 0.3 is 24.3 Å². The third-order valence-electron chi connectivity index (χ3n) is 3.49. The largest absolute Gasteiger partial charge is 0.478 e. The fourth-order valence-electron chi connectivity index (χ4n) is 2.41. The maximum absolute atomic E-state index is 13.5. The molecule has 11 heteroatoms. The normalized spacial score (nSPS) is 12.1. The fourth-order valence-corrected chi connectivity index (χ4v) is 3.12. The van der Waals surface area contributed by atoms with Crippen molar-refractivity contribution in [2.45, 2.75) is 12.4 Å². The SMILES string of the molecule is O=C(O)c1cccc(-c2cc(C(F)(F)F)c(Br)c(C(=O)O)c2C(F)(F)F)c1. The number of hydrogen-bond acceptors (Lipinski definition) is 2. The van der Waals surface area contributed by atoms with Crippen LogP contribution in [0.1, 0.15) is 31.8 Å². The summed E-state index contributed by atoms with van der Waals surface area (Å²) in [5.41, 5.74) is -7.18. The van der Waals surface area contributed by atoms with Crippen LogP contribution in [0.3, 0.4) is 0 Å². The van der Waals surface area contributed by atoms with E-state index in [1.165, 1.54) is 0 Å². The van der Waals surface area contributed by atoms with Gasteiger partial charge in [-0.05, 0) is 45.3 Å². The lowest BCUT2D eigenvalue weighted by molar-refractivity contribution is -0.141. The van der Waals surface area contributed by atoms with Crippen LogP contribution in [0.4, 0.5) is 26.3 Å². The molecule has 0 aromatic heterocycles. The highest BCUT2D eigenvalue weighted by molar-refractivity contribution is 9.10. The minimum absolute atomic E-state index is 0.139. The molecule has 144 valence electrons. The maximum atomic E-state index is 13.5. The zero-order valence-electron chi connectivity index (χ0n) is 12.7. The lowest BCUT2D eigenvalue weighted by Crippen LogP contribution is -2.19. The molecule has 0 unspecified atom stereocenters. The molecule has 0 radical (unpaired) electrons. The van der Waals surface area contributed by atoms with Gasteiger partial charge < -0.3 is 10.2 Å². The molecule has 0 amide bonds. The average molecular weight is 457 g/mol. The Morgan fingerprint density at radius 3 is 1.93 bits per heavy atom. The van der Waals surface area contributed by atoms with Gasteiger partial charge in [-0.15, -0.1) is 0 Å². The van der Waals surface area contributed by atoms with Crippen LogP contribution in [-0.2, 0) is 12.4 Å². The molecule has 0 spiro atoms. The Hall–Kier alpha value is -2.56. The number of carbonyl (C=O) groups is 2. The highest BCUT2D eigenvalue weighted by Crippen LogP contribution is 2.47. The maximum Gasteiger partial charge on any atom is 0.417 e. The van der Waals surface area contributed by atoms with Gasteiger partial charge in [0.25, 0.3) is 0 Å². The van der Waals surface area contributed by atoms with Crippen LogP contribution in [0, 0.1) is 0 Å². The summed E-state index contributed by atoms with van der Waals surface area (Å²) in [5.74, 6) is -3.74. The summed E-state index contributed by atoms with van der Waals surface area (Å²) in [5, 5.41) is 18.1. The molecule has 2 aromatic rings. The lowest BCUT2D eigenvalue weighted by Gasteiger charge is -2.21. The van der Waals surface area contributed by atoms with Gasteiger partial charge in [0.1, 0.15) is 0 Å². The molecule has 2 N–H and O–H groups in total.